The lowest BCUT2D eigenvalue weighted by atomic mass is 10.2. The van der Waals surface area contributed by atoms with E-state index < -0.39 is 0 Å². The Morgan fingerprint density at radius 1 is 1.60 bits per heavy atom. The number of amides is 2. The molecule has 0 aromatic carbocycles. The summed E-state index contributed by atoms with van der Waals surface area (Å²) in [4.78, 5) is 27.1. The van der Waals surface area contributed by atoms with Gasteiger partial charge in [-0.25, -0.2) is 4.99 Å². The van der Waals surface area contributed by atoms with Crippen molar-refractivity contribution in [3.05, 3.63) is 11.4 Å². The number of aliphatic imine (C=N–C) groups is 1. The van der Waals surface area contributed by atoms with Gasteiger partial charge in [-0.15, -0.1) is 0 Å². The van der Waals surface area contributed by atoms with Crippen molar-refractivity contribution in [2.75, 3.05) is 13.6 Å². The number of carbonyl (C=O) groups is 2. The molecule has 0 atom stereocenters. The summed E-state index contributed by atoms with van der Waals surface area (Å²) in [5.74, 6) is 0.0477. The topological polar surface area (TPSA) is 61.8 Å². The fourth-order valence-electron chi connectivity index (χ4n) is 1.15. The molecule has 0 aliphatic rings. The zero-order valence-electron chi connectivity index (χ0n) is 9.41. The van der Waals surface area contributed by atoms with Crippen LogP contribution < -0.4 is 5.32 Å². The van der Waals surface area contributed by atoms with E-state index in [0.29, 0.717) is 18.5 Å². The Bertz CT molecular complexity index is 284. The zero-order chi connectivity index (χ0) is 11.8. The molecule has 5 heteroatoms. The maximum absolute atomic E-state index is 11.7. The van der Waals surface area contributed by atoms with Crippen LogP contribution in [0.15, 0.2) is 16.4 Å². The highest BCUT2D eigenvalue weighted by Gasteiger charge is 2.13. The molecule has 84 valence electrons. The molecule has 0 aliphatic heterocycles. The van der Waals surface area contributed by atoms with Gasteiger partial charge in [-0.05, 0) is 20.1 Å². The summed E-state index contributed by atoms with van der Waals surface area (Å²) in [5.41, 5.74) is 0.382. The van der Waals surface area contributed by atoms with Gasteiger partial charge in [0.2, 0.25) is 6.41 Å². The van der Waals surface area contributed by atoms with Crippen LogP contribution in [0.5, 0.6) is 0 Å². The number of hydrogen-bond donors (Lipinski definition) is 1. The number of nitrogens with one attached hydrogen (secondary N) is 1. The van der Waals surface area contributed by atoms with Crippen LogP contribution in [0.25, 0.3) is 0 Å². The number of carbonyl (C=O) groups excluding carboxylic acids is 2. The molecule has 0 unspecified atom stereocenters. The fraction of sp³-hybridized carbons (Fsp3) is 0.500. The Morgan fingerprint density at radius 2 is 2.20 bits per heavy atom. The van der Waals surface area contributed by atoms with Crippen molar-refractivity contribution >= 4 is 19.0 Å². The second kappa shape index (κ2) is 6.75. The Morgan fingerprint density at radius 3 is 2.60 bits per heavy atom. The van der Waals surface area contributed by atoms with E-state index in [2.05, 4.69) is 17.0 Å². The molecule has 0 saturated heterocycles. The van der Waals surface area contributed by atoms with Crippen LogP contribution in [-0.2, 0) is 9.59 Å². The van der Waals surface area contributed by atoms with Gasteiger partial charge in [-0.2, -0.15) is 0 Å². The SMILES string of the molecule is C=N/C(NC=O)=C(\C)C(=O)N(C)CCC. The van der Waals surface area contributed by atoms with Crippen molar-refractivity contribution < 1.29 is 9.59 Å². The van der Waals surface area contributed by atoms with Crippen molar-refractivity contribution in [2.45, 2.75) is 20.3 Å². The predicted octanol–water partition coefficient (Wildman–Crippen LogP) is 0.533. The molecule has 5 nitrogen and oxygen atoms in total. The van der Waals surface area contributed by atoms with Gasteiger partial charge < -0.3 is 10.2 Å². The maximum Gasteiger partial charge on any atom is 0.252 e. The van der Waals surface area contributed by atoms with Crippen molar-refractivity contribution in [3.63, 3.8) is 0 Å². The van der Waals surface area contributed by atoms with Crippen LogP contribution >= 0.6 is 0 Å². The van der Waals surface area contributed by atoms with Gasteiger partial charge in [0.1, 0.15) is 5.82 Å². The van der Waals surface area contributed by atoms with Gasteiger partial charge in [-0.1, -0.05) is 6.92 Å². The summed E-state index contributed by atoms with van der Waals surface area (Å²) < 4.78 is 0. The first kappa shape index (κ1) is 13.4. The summed E-state index contributed by atoms with van der Waals surface area (Å²) in [5, 5.41) is 2.33. The van der Waals surface area contributed by atoms with E-state index in [4.69, 9.17) is 0 Å². The molecule has 1 N–H and O–H groups in total. The molecule has 0 aromatic heterocycles. The number of rotatable bonds is 6. The maximum atomic E-state index is 11.7. The summed E-state index contributed by atoms with van der Waals surface area (Å²) in [7, 11) is 1.71. The van der Waals surface area contributed by atoms with Crippen molar-refractivity contribution in [1.82, 2.24) is 10.2 Å². The Hall–Kier alpha value is -1.65. The largest absolute Gasteiger partial charge is 0.342 e. The summed E-state index contributed by atoms with van der Waals surface area (Å²) in [6.45, 7) is 7.55. The van der Waals surface area contributed by atoms with Crippen LogP contribution in [0.2, 0.25) is 0 Å². The molecule has 0 aromatic rings. The minimum absolute atomic E-state index is 0.159. The van der Waals surface area contributed by atoms with E-state index in [-0.39, 0.29) is 11.7 Å². The highest BCUT2D eigenvalue weighted by molar-refractivity contribution is 5.93. The highest BCUT2D eigenvalue weighted by atomic mass is 16.2. The molecule has 15 heavy (non-hydrogen) atoms. The molecule has 0 rings (SSSR count). The molecule has 0 saturated carbocycles. The zero-order valence-corrected chi connectivity index (χ0v) is 9.41. The minimum atomic E-state index is -0.159. The third kappa shape index (κ3) is 3.93. The minimum Gasteiger partial charge on any atom is -0.342 e. The average Bonchev–Trinajstić information content (AvgIpc) is 2.24. The lowest BCUT2D eigenvalue weighted by Gasteiger charge is -2.17. The number of hydrogen-bond acceptors (Lipinski definition) is 3. The molecule has 0 spiro atoms. The lowest BCUT2D eigenvalue weighted by molar-refractivity contribution is -0.125. The molecule has 0 aliphatic carbocycles. The summed E-state index contributed by atoms with van der Waals surface area (Å²) in [6, 6.07) is 0. The predicted molar refractivity (Wildman–Crippen MR) is 59.4 cm³/mol. The second-order valence-corrected chi connectivity index (χ2v) is 3.12. The van der Waals surface area contributed by atoms with Gasteiger partial charge in [0.15, 0.2) is 0 Å². The van der Waals surface area contributed by atoms with Crippen LogP contribution in [0.1, 0.15) is 20.3 Å². The highest BCUT2D eigenvalue weighted by Crippen LogP contribution is 2.05. The molecule has 0 fully saturated rings. The molecular formula is C10H17N3O2. The van der Waals surface area contributed by atoms with Gasteiger partial charge in [-0.3, -0.25) is 9.59 Å². The quantitative estimate of drug-likeness (QED) is 0.396. The van der Waals surface area contributed by atoms with Crippen molar-refractivity contribution in [1.29, 1.82) is 0 Å². The monoisotopic (exact) mass is 211 g/mol. The van der Waals surface area contributed by atoms with E-state index in [1.165, 1.54) is 0 Å². The normalized spacial score (nSPS) is 11.4. The first-order valence-corrected chi connectivity index (χ1v) is 4.71. The van der Waals surface area contributed by atoms with Crippen molar-refractivity contribution in [2.24, 2.45) is 4.99 Å². The second-order valence-electron chi connectivity index (χ2n) is 3.12. The fourth-order valence-corrected chi connectivity index (χ4v) is 1.15. The molecule has 0 heterocycles. The van der Waals surface area contributed by atoms with E-state index in [0.717, 1.165) is 6.42 Å². The van der Waals surface area contributed by atoms with E-state index in [1.807, 2.05) is 6.92 Å². The van der Waals surface area contributed by atoms with Crippen LogP contribution in [0.4, 0.5) is 0 Å². The van der Waals surface area contributed by atoms with E-state index in [9.17, 15) is 9.59 Å². The Labute approximate surface area is 89.9 Å². The van der Waals surface area contributed by atoms with E-state index >= 15 is 0 Å². The van der Waals surface area contributed by atoms with Crippen LogP contribution in [0.3, 0.4) is 0 Å². The van der Waals surface area contributed by atoms with Gasteiger partial charge in [0, 0.05) is 13.6 Å². The van der Waals surface area contributed by atoms with Crippen LogP contribution in [-0.4, -0.2) is 37.5 Å². The summed E-state index contributed by atoms with van der Waals surface area (Å²) in [6.07, 6.45) is 1.36. The van der Waals surface area contributed by atoms with Gasteiger partial charge in [0.05, 0.1) is 5.57 Å². The lowest BCUT2D eigenvalue weighted by Crippen LogP contribution is -2.30. The molecule has 0 radical (unpaired) electrons. The Kier molecular flexibility index (Phi) is 6.01. The molecule has 0 bridgehead atoms. The van der Waals surface area contributed by atoms with Crippen molar-refractivity contribution in [3.8, 4) is 0 Å². The third-order valence-electron chi connectivity index (χ3n) is 1.94. The molecule has 2 amide bonds. The first-order chi connectivity index (χ1) is 7.08. The van der Waals surface area contributed by atoms with E-state index in [1.54, 1.807) is 18.9 Å². The van der Waals surface area contributed by atoms with Gasteiger partial charge in [0.25, 0.3) is 5.91 Å². The number of nitrogens with zero attached hydrogens (tertiary/aromatic N) is 2. The smallest absolute Gasteiger partial charge is 0.252 e. The molecular weight excluding hydrogens is 194 g/mol. The average molecular weight is 211 g/mol. The number of likely N-dealkylation sites (N-methyl/N-ethyl adjacent to an activating group) is 1. The van der Waals surface area contributed by atoms with Gasteiger partial charge >= 0.3 is 0 Å². The summed E-state index contributed by atoms with van der Waals surface area (Å²) >= 11 is 0. The first-order valence-electron chi connectivity index (χ1n) is 4.71. The standard InChI is InChI=1S/C10H17N3O2/c1-5-6-13(4)10(15)8(2)9(11-3)12-7-14/h7H,3,5-6H2,1-2,4H3,(H,12,14)/b9-8-. The third-order valence-corrected chi connectivity index (χ3v) is 1.94. The van der Waals surface area contributed by atoms with Crippen LogP contribution in [0, 0.1) is 0 Å². The Balaban J connectivity index is 4.77.